The summed E-state index contributed by atoms with van der Waals surface area (Å²) >= 11 is 12.6. The van der Waals surface area contributed by atoms with Gasteiger partial charge >= 0.3 is 5.97 Å². The number of nitrogens with zero attached hydrogens (tertiary/aromatic N) is 6. The highest BCUT2D eigenvalue weighted by atomic mass is 35.5. The molecular formula is C31H42Cl2N6O4. The summed E-state index contributed by atoms with van der Waals surface area (Å²) in [5.41, 5.74) is 2.55. The van der Waals surface area contributed by atoms with Crippen molar-refractivity contribution in [3.8, 4) is 17.1 Å². The maximum absolute atomic E-state index is 11.1. The molecule has 10 nitrogen and oxygen atoms in total. The maximum Gasteiger partial charge on any atom is 0.303 e. The van der Waals surface area contributed by atoms with E-state index in [0.29, 0.717) is 34.1 Å². The van der Waals surface area contributed by atoms with Gasteiger partial charge in [0.1, 0.15) is 6.10 Å². The minimum absolute atomic E-state index is 0.227. The second-order valence-corrected chi connectivity index (χ2v) is 12.0. The third kappa shape index (κ3) is 10.4. The van der Waals surface area contributed by atoms with E-state index >= 15 is 0 Å². The summed E-state index contributed by atoms with van der Waals surface area (Å²) in [6.07, 6.45) is 3.38. The summed E-state index contributed by atoms with van der Waals surface area (Å²) in [4.78, 5) is 31.9. The van der Waals surface area contributed by atoms with Crippen LogP contribution >= 0.6 is 23.2 Å². The molecule has 1 aromatic carbocycles. The minimum Gasteiger partial charge on any atom is -0.481 e. The zero-order valence-corrected chi connectivity index (χ0v) is 26.7. The molecule has 1 N–H and O–H groups in total. The Labute approximate surface area is 264 Å². The molecule has 0 radical (unpaired) electrons. The van der Waals surface area contributed by atoms with Crippen LogP contribution in [0.2, 0.25) is 10.0 Å². The van der Waals surface area contributed by atoms with Gasteiger partial charge < -0.3 is 19.5 Å². The minimum atomic E-state index is -0.727. The van der Waals surface area contributed by atoms with E-state index < -0.39 is 5.97 Å². The standard InChI is InChI=1S/C31H42Cl2N6O4/c1-22(20-35-31(34-2)39-10-8-37(9-11-39)12-13-42-3)43-29-15-24(21-38-6-4-23(5-7-38)16-30(40)41)14-28(36-29)25-17-26(32)19-27(33)18-25/h14-15,17-20,22-23H,4-13,16,21H2,1-3H3,(H,40,41). The molecule has 0 saturated carbocycles. The van der Waals surface area contributed by atoms with Gasteiger partial charge in [0.15, 0.2) is 0 Å². The first-order valence-electron chi connectivity index (χ1n) is 14.8. The van der Waals surface area contributed by atoms with Gasteiger partial charge in [-0.3, -0.25) is 19.6 Å². The Morgan fingerprint density at radius 1 is 1.07 bits per heavy atom. The molecule has 0 bridgehead atoms. The number of halogens is 2. The fourth-order valence-electron chi connectivity index (χ4n) is 5.48. The van der Waals surface area contributed by atoms with Crippen LogP contribution in [-0.2, 0) is 16.1 Å². The first kappa shape index (κ1) is 33.1. The number of carbonyl (C=O) groups is 1. The molecule has 1 atom stereocenters. The van der Waals surface area contributed by atoms with Gasteiger partial charge in [-0.2, -0.15) is 0 Å². The summed E-state index contributed by atoms with van der Waals surface area (Å²) < 4.78 is 11.5. The molecule has 12 heteroatoms. The molecule has 1 aromatic heterocycles. The van der Waals surface area contributed by atoms with Crippen LogP contribution in [0.1, 0.15) is 31.7 Å². The lowest BCUT2D eigenvalue weighted by atomic mass is 9.93. The average Bonchev–Trinajstić information content (AvgIpc) is 2.97. The molecule has 1 unspecified atom stereocenters. The van der Waals surface area contributed by atoms with E-state index in [2.05, 4.69) is 24.7 Å². The molecular weight excluding hydrogens is 591 g/mol. The Bertz CT molecular complexity index is 1260. The normalized spacial score (nSPS) is 18.3. The third-order valence-corrected chi connectivity index (χ3v) is 8.21. The number of ether oxygens (including phenoxy) is 2. The van der Waals surface area contributed by atoms with Gasteiger partial charge in [0.25, 0.3) is 0 Å². The fourth-order valence-corrected chi connectivity index (χ4v) is 6.01. The highest BCUT2D eigenvalue weighted by Gasteiger charge is 2.22. The van der Waals surface area contributed by atoms with E-state index in [-0.39, 0.29) is 18.4 Å². The monoisotopic (exact) mass is 632 g/mol. The zero-order chi connectivity index (χ0) is 30.8. The van der Waals surface area contributed by atoms with Gasteiger partial charge in [-0.05, 0) is 68.6 Å². The number of rotatable bonds is 11. The summed E-state index contributed by atoms with van der Waals surface area (Å²) in [5, 5.41) is 10.2. The number of carboxylic acid groups (broad SMARTS) is 1. The number of carboxylic acids is 1. The number of benzene rings is 1. The largest absolute Gasteiger partial charge is 0.481 e. The first-order chi connectivity index (χ1) is 20.7. The number of aliphatic carboxylic acids is 1. The predicted molar refractivity (Wildman–Crippen MR) is 172 cm³/mol. The van der Waals surface area contributed by atoms with Crippen LogP contribution in [0.3, 0.4) is 0 Å². The molecule has 2 saturated heterocycles. The lowest BCUT2D eigenvalue weighted by Crippen LogP contribution is -2.49. The van der Waals surface area contributed by atoms with E-state index in [4.69, 9.17) is 42.8 Å². The summed E-state index contributed by atoms with van der Waals surface area (Å²) in [6, 6.07) is 9.36. The highest BCUT2D eigenvalue weighted by Crippen LogP contribution is 2.30. The first-order valence-corrected chi connectivity index (χ1v) is 15.5. The van der Waals surface area contributed by atoms with E-state index in [0.717, 1.165) is 76.4 Å². The van der Waals surface area contributed by atoms with Crippen molar-refractivity contribution in [2.24, 2.45) is 15.9 Å². The van der Waals surface area contributed by atoms with Crippen LogP contribution in [0.15, 0.2) is 40.3 Å². The number of hydrogen-bond donors (Lipinski definition) is 1. The van der Waals surface area contributed by atoms with Crippen molar-refractivity contribution in [1.29, 1.82) is 0 Å². The molecule has 0 aliphatic carbocycles. The number of piperidine rings is 1. The van der Waals surface area contributed by atoms with Gasteiger partial charge in [-0.1, -0.05) is 23.2 Å². The fraction of sp³-hybridized carbons (Fsp3) is 0.548. The summed E-state index contributed by atoms with van der Waals surface area (Å²) in [6.45, 7) is 9.56. The summed E-state index contributed by atoms with van der Waals surface area (Å²) in [5.74, 6) is 0.661. The van der Waals surface area contributed by atoms with Crippen LogP contribution in [0.4, 0.5) is 0 Å². The van der Waals surface area contributed by atoms with Crippen molar-refractivity contribution in [2.45, 2.75) is 38.8 Å². The van der Waals surface area contributed by atoms with Gasteiger partial charge in [0.2, 0.25) is 11.8 Å². The van der Waals surface area contributed by atoms with E-state index in [1.807, 2.05) is 31.2 Å². The number of guanidine groups is 1. The second kappa shape index (κ2) is 16.4. The van der Waals surface area contributed by atoms with Crippen LogP contribution in [-0.4, -0.2) is 116 Å². The lowest BCUT2D eigenvalue weighted by molar-refractivity contribution is -0.138. The quantitative estimate of drug-likeness (QED) is 0.278. The van der Waals surface area contributed by atoms with Crippen molar-refractivity contribution in [3.05, 3.63) is 45.9 Å². The van der Waals surface area contributed by atoms with Crippen molar-refractivity contribution in [1.82, 2.24) is 19.7 Å². The van der Waals surface area contributed by atoms with E-state index in [1.165, 1.54) is 0 Å². The van der Waals surface area contributed by atoms with Crippen LogP contribution in [0.5, 0.6) is 5.88 Å². The number of pyridine rings is 1. The van der Waals surface area contributed by atoms with Crippen molar-refractivity contribution >= 4 is 41.3 Å². The maximum atomic E-state index is 11.1. The molecule has 3 heterocycles. The molecule has 0 spiro atoms. The number of methoxy groups -OCH3 is 1. The lowest BCUT2D eigenvalue weighted by Gasteiger charge is -2.35. The summed E-state index contributed by atoms with van der Waals surface area (Å²) in [7, 11) is 3.48. The Morgan fingerprint density at radius 2 is 1.77 bits per heavy atom. The Balaban J connectivity index is 1.45. The molecule has 2 aromatic rings. The number of piperazine rings is 1. The van der Waals surface area contributed by atoms with Crippen LogP contribution < -0.4 is 4.74 Å². The third-order valence-electron chi connectivity index (χ3n) is 7.77. The van der Waals surface area contributed by atoms with Crippen molar-refractivity contribution in [3.63, 3.8) is 0 Å². The average molecular weight is 634 g/mol. The van der Waals surface area contributed by atoms with E-state index in [9.17, 15) is 4.79 Å². The van der Waals surface area contributed by atoms with Crippen LogP contribution in [0, 0.1) is 5.92 Å². The Morgan fingerprint density at radius 3 is 2.40 bits per heavy atom. The molecule has 43 heavy (non-hydrogen) atoms. The predicted octanol–water partition coefficient (Wildman–Crippen LogP) is 4.83. The van der Waals surface area contributed by atoms with Crippen molar-refractivity contribution < 1.29 is 19.4 Å². The SMILES string of the molecule is CN=C(N=CC(C)Oc1cc(CN2CCC(CC(=O)O)CC2)cc(-c2cc(Cl)cc(Cl)c2)n1)N1CCN(CCOC)CC1. The van der Waals surface area contributed by atoms with Crippen molar-refractivity contribution in [2.75, 3.05) is 66.6 Å². The van der Waals surface area contributed by atoms with Gasteiger partial charge in [0, 0.05) is 87.7 Å². The second-order valence-electron chi connectivity index (χ2n) is 11.1. The number of hydrogen-bond acceptors (Lipinski definition) is 7. The highest BCUT2D eigenvalue weighted by molar-refractivity contribution is 6.35. The topological polar surface area (TPSA) is 103 Å². The zero-order valence-electron chi connectivity index (χ0n) is 25.2. The number of likely N-dealkylation sites (tertiary alicyclic amines) is 1. The molecule has 2 aliphatic rings. The number of aromatic nitrogens is 1. The Kier molecular flexibility index (Phi) is 12.6. The van der Waals surface area contributed by atoms with Gasteiger partial charge in [0.05, 0.1) is 12.3 Å². The molecule has 234 valence electrons. The molecule has 0 amide bonds. The van der Waals surface area contributed by atoms with Gasteiger partial charge in [-0.15, -0.1) is 0 Å². The molecule has 2 fully saturated rings. The van der Waals surface area contributed by atoms with E-state index in [1.54, 1.807) is 26.4 Å². The molecule has 2 aliphatic heterocycles. The number of aliphatic imine (C=N–C) groups is 2. The molecule has 4 rings (SSSR count). The smallest absolute Gasteiger partial charge is 0.303 e. The van der Waals surface area contributed by atoms with Gasteiger partial charge in [-0.25, -0.2) is 9.98 Å². The van der Waals surface area contributed by atoms with Crippen LogP contribution in [0.25, 0.3) is 11.3 Å². The Hall–Kier alpha value is -2.76.